The maximum absolute atomic E-state index is 5.49. The first kappa shape index (κ1) is 10.2. The van der Waals surface area contributed by atoms with E-state index in [1.807, 2.05) is 30.3 Å². The van der Waals surface area contributed by atoms with Gasteiger partial charge in [-0.1, -0.05) is 18.2 Å². The lowest BCUT2D eigenvalue weighted by atomic mass is 10.2. The van der Waals surface area contributed by atoms with Crippen molar-refractivity contribution in [2.24, 2.45) is 0 Å². The van der Waals surface area contributed by atoms with E-state index in [1.165, 1.54) is 5.39 Å². The number of fused-ring (bicyclic) bond motifs is 2. The summed E-state index contributed by atoms with van der Waals surface area (Å²) in [5.74, 6) is 0.738. The Balaban J connectivity index is 1.83. The zero-order valence-corrected chi connectivity index (χ0v) is 10.1. The minimum absolute atomic E-state index is 0.738. The molecule has 1 aliphatic heterocycles. The Hall–Kier alpha value is -2.75. The molecule has 0 fully saturated rings. The first-order valence-corrected chi connectivity index (χ1v) is 6.08. The number of pyridine rings is 1. The van der Waals surface area contributed by atoms with Crippen molar-refractivity contribution in [2.45, 2.75) is 0 Å². The molecule has 2 N–H and O–H groups in total. The smallest absolute Gasteiger partial charge is 0.180 e. The van der Waals surface area contributed by atoms with Gasteiger partial charge < -0.3 is 9.82 Å². The van der Waals surface area contributed by atoms with E-state index in [1.54, 1.807) is 6.20 Å². The van der Waals surface area contributed by atoms with Gasteiger partial charge in [0.15, 0.2) is 5.75 Å². The zero-order valence-electron chi connectivity index (χ0n) is 10.1. The van der Waals surface area contributed by atoms with Gasteiger partial charge >= 0.3 is 0 Å². The molecule has 1 aromatic carbocycles. The van der Waals surface area contributed by atoms with Gasteiger partial charge in [-0.15, -0.1) is 0 Å². The molecule has 0 saturated heterocycles. The predicted octanol–water partition coefficient (Wildman–Crippen LogP) is 2.96. The summed E-state index contributed by atoms with van der Waals surface area (Å²) in [4.78, 5) is 13.1. The maximum Gasteiger partial charge on any atom is 0.180 e. The summed E-state index contributed by atoms with van der Waals surface area (Å²) in [7, 11) is 0. The Labute approximate surface area is 109 Å². The molecule has 4 nitrogen and oxygen atoms in total. The summed E-state index contributed by atoms with van der Waals surface area (Å²) < 4.78 is 0. The number of hydroxylamine groups is 1. The molecule has 92 valence electrons. The SMILES string of the molecule is C1=C(c2cc3ccccc3[nH]2)NOc2cccnc21. The van der Waals surface area contributed by atoms with E-state index in [0.717, 1.165) is 28.4 Å². The second-order valence-corrected chi connectivity index (χ2v) is 4.42. The summed E-state index contributed by atoms with van der Waals surface area (Å²) in [6.45, 7) is 0. The van der Waals surface area contributed by atoms with Crippen LogP contribution in [0.5, 0.6) is 5.75 Å². The normalized spacial score (nSPS) is 13.4. The van der Waals surface area contributed by atoms with E-state index in [2.05, 4.69) is 33.6 Å². The zero-order chi connectivity index (χ0) is 12.7. The van der Waals surface area contributed by atoms with Crippen LogP contribution in [-0.4, -0.2) is 9.97 Å². The van der Waals surface area contributed by atoms with Crippen molar-refractivity contribution in [2.75, 3.05) is 0 Å². The van der Waals surface area contributed by atoms with Crippen LogP contribution < -0.4 is 10.3 Å². The highest BCUT2D eigenvalue weighted by Gasteiger charge is 2.14. The molecular weight excluding hydrogens is 238 g/mol. The van der Waals surface area contributed by atoms with Crippen LogP contribution in [0.3, 0.4) is 0 Å². The fourth-order valence-corrected chi connectivity index (χ4v) is 2.22. The number of hydrogen-bond donors (Lipinski definition) is 2. The third kappa shape index (κ3) is 1.65. The molecular formula is C15H11N3O. The molecule has 0 unspecified atom stereocenters. The minimum Gasteiger partial charge on any atom is -0.380 e. The summed E-state index contributed by atoms with van der Waals surface area (Å²) in [5.41, 5.74) is 6.74. The second-order valence-electron chi connectivity index (χ2n) is 4.42. The first-order valence-electron chi connectivity index (χ1n) is 6.08. The lowest BCUT2D eigenvalue weighted by Crippen LogP contribution is -2.21. The van der Waals surface area contributed by atoms with Gasteiger partial charge in [0.1, 0.15) is 5.69 Å². The molecule has 0 radical (unpaired) electrons. The van der Waals surface area contributed by atoms with E-state index in [0.29, 0.717) is 0 Å². The largest absolute Gasteiger partial charge is 0.380 e. The third-order valence-electron chi connectivity index (χ3n) is 3.17. The van der Waals surface area contributed by atoms with Crippen LogP contribution in [0, 0.1) is 0 Å². The monoisotopic (exact) mass is 249 g/mol. The van der Waals surface area contributed by atoms with Gasteiger partial charge in [-0.2, -0.15) is 0 Å². The minimum atomic E-state index is 0.738. The summed E-state index contributed by atoms with van der Waals surface area (Å²) >= 11 is 0. The number of hydrogen-bond acceptors (Lipinski definition) is 3. The molecule has 19 heavy (non-hydrogen) atoms. The van der Waals surface area contributed by atoms with Crippen molar-refractivity contribution in [1.29, 1.82) is 0 Å². The number of rotatable bonds is 1. The summed E-state index contributed by atoms with van der Waals surface area (Å²) in [6, 6.07) is 14.0. The molecule has 0 saturated carbocycles. The van der Waals surface area contributed by atoms with Gasteiger partial charge in [0.05, 0.1) is 11.4 Å². The van der Waals surface area contributed by atoms with Gasteiger partial charge in [-0.3, -0.25) is 4.98 Å². The van der Waals surface area contributed by atoms with Crippen molar-refractivity contribution in [1.82, 2.24) is 15.4 Å². The average molecular weight is 249 g/mol. The van der Waals surface area contributed by atoms with Gasteiger partial charge in [-0.05, 0) is 30.3 Å². The number of nitrogens with zero attached hydrogens (tertiary/aromatic N) is 1. The molecule has 3 aromatic rings. The molecule has 4 rings (SSSR count). The molecule has 4 heteroatoms. The fourth-order valence-electron chi connectivity index (χ4n) is 2.22. The second kappa shape index (κ2) is 3.88. The van der Waals surface area contributed by atoms with Crippen molar-refractivity contribution < 1.29 is 4.84 Å². The molecule has 2 aromatic heterocycles. The van der Waals surface area contributed by atoms with E-state index in [-0.39, 0.29) is 0 Å². The molecule has 0 aliphatic carbocycles. The van der Waals surface area contributed by atoms with Crippen LogP contribution in [0.25, 0.3) is 22.7 Å². The summed E-state index contributed by atoms with van der Waals surface area (Å²) in [6.07, 6.45) is 3.73. The van der Waals surface area contributed by atoms with Gasteiger partial charge in [-0.25, -0.2) is 5.48 Å². The van der Waals surface area contributed by atoms with E-state index in [9.17, 15) is 0 Å². The Morgan fingerprint density at radius 3 is 2.95 bits per heavy atom. The van der Waals surface area contributed by atoms with Crippen molar-refractivity contribution in [3.8, 4) is 5.75 Å². The maximum atomic E-state index is 5.49. The van der Waals surface area contributed by atoms with Crippen LogP contribution in [0.15, 0.2) is 48.7 Å². The number of para-hydroxylation sites is 1. The number of nitrogens with one attached hydrogen (secondary N) is 2. The predicted molar refractivity (Wildman–Crippen MR) is 74.2 cm³/mol. The highest BCUT2D eigenvalue weighted by molar-refractivity contribution is 5.88. The summed E-state index contributed by atoms with van der Waals surface area (Å²) in [5, 5.41) is 1.17. The van der Waals surface area contributed by atoms with Gasteiger partial charge in [0, 0.05) is 17.1 Å². The highest BCUT2D eigenvalue weighted by Crippen LogP contribution is 2.27. The molecule has 0 spiro atoms. The lowest BCUT2D eigenvalue weighted by Gasteiger charge is -2.17. The fraction of sp³-hybridized carbons (Fsp3) is 0. The highest BCUT2D eigenvalue weighted by atomic mass is 16.6. The van der Waals surface area contributed by atoms with E-state index in [4.69, 9.17) is 4.84 Å². The van der Waals surface area contributed by atoms with Crippen molar-refractivity contribution in [3.05, 3.63) is 60.0 Å². The van der Waals surface area contributed by atoms with Crippen molar-refractivity contribution >= 4 is 22.7 Å². The molecule has 0 amide bonds. The van der Waals surface area contributed by atoms with E-state index >= 15 is 0 Å². The number of benzene rings is 1. The first-order chi connectivity index (χ1) is 9.40. The molecule has 1 aliphatic rings. The number of aromatic nitrogens is 2. The number of aromatic amines is 1. The average Bonchev–Trinajstić information content (AvgIpc) is 2.90. The van der Waals surface area contributed by atoms with Gasteiger partial charge in [0.25, 0.3) is 0 Å². The molecule has 0 atom stereocenters. The topological polar surface area (TPSA) is 49.9 Å². The quantitative estimate of drug-likeness (QED) is 0.697. The van der Waals surface area contributed by atoms with Crippen molar-refractivity contribution in [3.63, 3.8) is 0 Å². The van der Waals surface area contributed by atoms with Crippen LogP contribution in [0.1, 0.15) is 11.4 Å². The van der Waals surface area contributed by atoms with Crippen LogP contribution in [-0.2, 0) is 0 Å². The van der Waals surface area contributed by atoms with Gasteiger partial charge in [0.2, 0.25) is 0 Å². The molecule has 3 heterocycles. The Morgan fingerprint density at radius 2 is 2.00 bits per heavy atom. The Morgan fingerprint density at radius 1 is 1.05 bits per heavy atom. The van der Waals surface area contributed by atoms with Crippen LogP contribution in [0.4, 0.5) is 0 Å². The Bertz CT molecular complexity index is 756. The third-order valence-corrected chi connectivity index (χ3v) is 3.17. The lowest BCUT2D eigenvalue weighted by molar-refractivity contribution is 0.247. The number of H-pyrrole nitrogens is 1. The van der Waals surface area contributed by atoms with E-state index < -0.39 is 0 Å². The van der Waals surface area contributed by atoms with Crippen LogP contribution in [0.2, 0.25) is 0 Å². The molecule has 0 bridgehead atoms. The standard InChI is InChI=1S/C15H11N3O/c1-2-5-11-10(4-1)8-12(17-11)13-9-14-15(19-18-13)6-3-7-16-14/h1-9,17-18H. The van der Waals surface area contributed by atoms with Crippen LogP contribution >= 0.6 is 0 Å². The Kier molecular flexibility index (Phi) is 2.08.